The molecule has 0 saturated carbocycles. The summed E-state index contributed by atoms with van der Waals surface area (Å²) in [5.41, 5.74) is 0. The van der Waals surface area contributed by atoms with Crippen molar-refractivity contribution in [2.24, 2.45) is 11.8 Å². The Morgan fingerprint density at radius 3 is 2.17 bits per heavy atom. The van der Waals surface area contributed by atoms with Gasteiger partial charge in [0.1, 0.15) is 0 Å². The average Bonchev–Trinajstić information content (AvgIpc) is 2.24. The highest BCUT2D eigenvalue weighted by atomic mass is 32.2. The zero-order valence-electron chi connectivity index (χ0n) is 10.8. The third-order valence-corrected chi connectivity index (χ3v) is 3.30. The van der Waals surface area contributed by atoms with Crippen molar-refractivity contribution in [1.82, 2.24) is 10.0 Å². The van der Waals surface area contributed by atoms with Crippen LogP contribution in [0.25, 0.3) is 0 Å². The normalized spacial score (nSPS) is 14.8. The first-order valence-corrected chi connectivity index (χ1v) is 7.49. The van der Waals surface area contributed by atoms with Gasteiger partial charge in [-0.05, 0) is 6.42 Å². The van der Waals surface area contributed by atoms with E-state index < -0.39 is 27.8 Å². The molecule has 0 bridgehead atoms. The van der Waals surface area contributed by atoms with Gasteiger partial charge >= 0.3 is 5.97 Å². The molecule has 0 aliphatic carbocycles. The molecule has 2 unspecified atom stereocenters. The number of carboxylic acids is 1. The van der Waals surface area contributed by atoms with Crippen molar-refractivity contribution in [3.05, 3.63) is 0 Å². The second-order valence-electron chi connectivity index (χ2n) is 4.23. The van der Waals surface area contributed by atoms with E-state index in [0.29, 0.717) is 13.0 Å². The molecule has 0 aliphatic heterocycles. The highest BCUT2D eigenvalue weighted by Crippen LogP contribution is 2.10. The molecule has 0 fully saturated rings. The number of amides is 1. The minimum Gasteiger partial charge on any atom is -0.481 e. The van der Waals surface area contributed by atoms with Crippen molar-refractivity contribution in [3.63, 3.8) is 0 Å². The maximum atomic E-state index is 11.5. The molecule has 0 rings (SSSR count). The summed E-state index contributed by atoms with van der Waals surface area (Å²) in [4.78, 5) is 22.2. The van der Waals surface area contributed by atoms with Gasteiger partial charge in [0.2, 0.25) is 15.9 Å². The van der Waals surface area contributed by atoms with E-state index in [9.17, 15) is 18.0 Å². The zero-order chi connectivity index (χ0) is 14.3. The van der Waals surface area contributed by atoms with Gasteiger partial charge in [0.15, 0.2) is 0 Å². The monoisotopic (exact) mass is 280 g/mol. The number of carboxylic acid groups (broad SMARTS) is 1. The van der Waals surface area contributed by atoms with Crippen LogP contribution < -0.4 is 10.0 Å². The number of rotatable bonds is 8. The van der Waals surface area contributed by atoms with Crippen molar-refractivity contribution in [1.29, 1.82) is 0 Å². The Morgan fingerprint density at radius 2 is 1.72 bits per heavy atom. The van der Waals surface area contributed by atoms with Crippen LogP contribution in [0.1, 0.15) is 20.3 Å². The minimum absolute atomic E-state index is 0.238. The Bertz CT molecular complexity index is 393. The molecule has 2 atom stereocenters. The van der Waals surface area contributed by atoms with Crippen LogP contribution in [-0.2, 0) is 19.6 Å². The Morgan fingerprint density at radius 1 is 1.17 bits per heavy atom. The molecule has 1 amide bonds. The van der Waals surface area contributed by atoms with Crippen LogP contribution in [0.3, 0.4) is 0 Å². The van der Waals surface area contributed by atoms with Crippen molar-refractivity contribution in [2.75, 3.05) is 19.3 Å². The van der Waals surface area contributed by atoms with Crippen LogP contribution in [0.5, 0.6) is 0 Å². The molecule has 0 spiro atoms. The number of sulfonamides is 1. The zero-order valence-corrected chi connectivity index (χ0v) is 11.6. The first kappa shape index (κ1) is 16.9. The number of carbonyl (C=O) groups excluding carboxylic acids is 1. The van der Waals surface area contributed by atoms with Crippen LogP contribution in [0.15, 0.2) is 0 Å². The van der Waals surface area contributed by atoms with Gasteiger partial charge in [-0.1, -0.05) is 13.8 Å². The second-order valence-corrected chi connectivity index (χ2v) is 6.06. The number of hydrogen-bond donors (Lipinski definition) is 3. The highest BCUT2D eigenvalue weighted by molar-refractivity contribution is 7.88. The highest BCUT2D eigenvalue weighted by Gasteiger charge is 2.25. The summed E-state index contributed by atoms with van der Waals surface area (Å²) >= 11 is 0. The van der Waals surface area contributed by atoms with Gasteiger partial charge in [-0.3, -0.25) is 9.59 Å². The molecule has 0 aliphatic rings. The molecule has 0 radical (unpaired) electrons. The number of aliphatic carboxylic acids is 1. The first-order valence-electron chi connectivity index (χ1n) is 5.60. The van der Waals surface area contributed by atoms with Gasteiger partial charge in [0, 0.05) is 19.0 Å². The van der Waals surface area contributed by atoms with E-state index in [4.69, 9.17) is 5.11 Å². The Hall–Kier alpha value is -1.15. The average molecular weight is 280 g/mol. The number of carbonyl (C=O) groups is 2. The molecule has 7 nitrogen and oxygen atoms in total. The van der Waals surface area contributed by atoms with Gasteiger partial charge in [-0.2, -0.15) is 0 Å². The Labute approximate surface area is 107 Å². The van der Waals surface area contributed by atoms with Crippen LogP contribution in [0.4, 0.5) is 0 Å². The summed E-state index contributed by atoms with van der Waals surface area (Å²) in [5, 5.41) is 11.3. The lowest BCUT2D eigenvalue weighted by atomic mass is 9.95. The molecular weight excluding hydrogens is 260 g/mol. The number of nitrogens with one attached hydrogen (secondary N) is 2. The molecule has 18 heavy (non-hydrogen) atoms. The molecule has 0 heterocycles. The summed E-state index contributed by atoms with van der Waals surface area (Å²) in [6.45, 7) is 3.56. The summed E-state index contributed by atoms with van der Waals surface area (Å²) in [6, 6.07) is 0. The van der Waals surface area contributed by atoms with E-state index in [1.807, 2.05) is 0 Å². The van der Waals surface area contributed by atoms with Crippen molar-refractivity contribution < 1.29 is 23.1 Å². The Balaban J connectivity index is 3.87. The van der Waals surface area contributed by atoms with Crippen LogP contribution >= 0.6 is 0 Å². The van der Waals surface area contributed by atoms with Crippen molar-refractivity contribution in [3.8, 4) is 0 Å². The van der Waals surface area contributed by atoms with E-state index in [-0.39, 0.29) is 12.5 Å². The fourth-order valence-corrected chi connectivity index (χ4v) is 1.67. The molecule has 3 N–H and O–H groups in total. The van der Waals surface area contributed by atoms with Gasteiger partial charge in [0.25, 0.3) is 0 Å². The van der Waals surface area contributed by atoms with E-state index in [0.717, 1.165) is 6.26 Å². The topological polar surface area (TPSA) is 113 Å². The lowest BCUT2D eigenvalue weighted by molar-refractivity contribution is -0.146. The third kappa shape index (κ3) is 7.23. The van der Waals surface area contributed by atoms with Crippen LogP contribution in [0, 0.1) is 11.8 Å². The fraction of sp³-hybridized carbons (Fsp3) is 0.800. The van der Waals surface area contributed by atoms with Gasteiger partial charge < -0.3 is 10.4 Å². The largest absolute Gasteiger partial charge is 0.481 e. The quantitative estimate of drug-likeness (QED) is 0.514. The van der Waals surface area contributed by atoms with Crippen molar-refractivity contribution >= 4 is 21.9 Å². The smallest absolute Gasteiger partial charge is 0.307 e. The molecule has 0 aromatic rings. The van der Waals surface area contributed by atoms with Gasteiger partial charge in [0.05, 0.1) is 12.2 Å². The lowest BCUT2D eigenvalue weighted by Crippen LogP contribution is -2.36. The summed E-state index contributed by atoms with van der Waals surface area (Å²) in [5.74, 6) is -2.73. The van der Waals surface area contributed by atoms with Gasteiger partial charge in [-0.15, -0.1) is 0 Å². The fourth-order valence-electron chi connectivity index (χ4n) is 1.16. The van der Waals surface area contributed by atoms with Crippen LogP contribution in [0.2, 0.25) is 0 Å². The molecular formula is C10H20N2O5S. The summed E-state index contributed by atoms with van der Waals surface area (Å²) in [6.07, 6.45) is 1.51. The molecule has 0 saturated heterocycles. The van der Waals surface area contributed by atoms with E-state index >= 15 is 0 Å². The second kappa shape index (κ2) is 7.32. The van der Waals surface area contributed by atoms with Crippen molar-refractivity contribution in [2.45, 2.75) is 20.3 Å². The molecule has 8 heteroatoms. The van der Waals surface area contributed by atoms with E-state index in [1.165, 1.54) is 6.92 Å². The summed E-state index contributed by atoms with van der Waals surface area (Å²) in [7, 11) is -3.21. The molecule has 106 valence electrons. The maximum absolute atomic E-state index is 11.5. The van der Waals surface area contributed by atoms with E-state index in [1.54, 1.807) is 6.92 Å². The lowest BCUT2D eigenvalue weighted by Gasteiger charge is -2.15. The first-order chi connectivity index (χ1) is 8.15. The SMILES string of the molecule is CC(C(=O)O)C(C)C(=O)NCCCNS(C)(=O)=O. The van der Waals surface area contributed by atoms with E-state index in [2.05, 4.69) is 10.0 Å². The number of hydrogen-bond acceptors (Lipinski definition) is 4. The Kier molecular flexibility index (Phi) is 6.85. The van der Waals surface area contributed by atoms with Crippen LogP contribution in [-0.4, -0.2) is 44.7 Å². The molecule has 0 aromatic heterocycles. The third-order valence-electron chi connectivity index (χ3n) is 2.57. The standard InChI is InChI=1S/C10H20N2O5S/c1-7(8(2)10(14)15)9(13)11-5-4-6-12-18(3,16)17/h7-8,12H,4-6H2,1-3H3,(H,11,13)(H,14,15). The van der Waals surface area contributed by atoms with Gasteiger partial charge in [-0.25, -0.2) is 13.1 Å². The maximum Gasteiger partial charge on any atom is 0.307 e. The molecule has 0 aromatic carbocycles. The predicted octanol–water partition coefficient (Wildman–Crippen LogP) is -0.601. The summed E-state index contributed by atoms with van der Waals surface area (Å²) < 4.78 is 23.8. The predicted molar refractivity (Wildman–Crippen MR) is 66.4 cm³/mol. The minimum atomic E-state index is -3.21.